The minimum atomic E-state index is 0.0357. The van der Waals surface area contributed by atoms with Crippen LogP contribution in [0.3, 0.4) is 0 Å². The Morgan fingerprint density at radius 2 is 1.81 bits per heavy atom. The summed E-state index contributed by atoms with van der Waals surface area (Å²) in [6, 6.07) is 8.08. The number of hydrogen-bond acceptors (Lipinski definition) is 3. The topological polar surface area (TPSA) is 41.6 Å². The second kappa shape index (κ2) is 7.05. The third kappa shape index (κ3) is 4.83. The molecule has 1 aromatic rings. The van der Waals surface area contributed by atoms with E-state index in [1.165, 1.54) is 5.56 Å². The highest BCUT2D eigenvalue weighted by molar-refractivity contribution is 5.92. The molecule has 1 amide bonds. The van der Waals surface area contributed by atoms with Gasteiger partial charge in [0, 0.05) is 18.8 Å². The van der Waals surface area contributed by atoms with Crippen LogP contribution in [0, 0.1) is 0 Å². The Hall–Kier alpha value is -1.39. The lowest BCUT2D eigenvalue weighted by atomic mass is 10.0. The Bertz CT molecular complexity index is 460. The molecule has 1 aromatic carbocycles. The number of carbonyl (C=O) groups excluding carboxylic acids is 1. The fraction of sp³-hybridized carbons (Fsp3) is 0.588. The van der Waals surface area contributed by atoms with Gasteiger partial charge in [0.05, 0.1) is 18.8 Å². The van der Waals surface area contributed by atoms with Crippen molar-refractivity contribution in [1.29, 1.82) is 0 Å². The van der Waals surface area contributed by atoms with Crippen LogP contribution in [0.15, 0.2) is 24.3 Å². The van der Waals surface area contributed by atoms with Crippen LogP contribution < -0.4 is 5.32 Å². The Labute approximate surface area is 127 Å². The van der Waals surface area contributed by atoms with Gasteiger partial charge in [0.2, 0.25) is 5.91 Å². The maximum Gasteiger partial charge on any atom is 0.238 e. The first-order valence-electron chi connectivity index (χ1n) is 7.71. The molecule has 0 spiro atoms. The number of carbonyl (C=O) groups is 1. The molecule has 0 radical (unpaired) electrons. The number of nitrogens with one attached hydrogen (secondary N) is 1. The molecule has 1 N–H and O–H groups in total. The molecule has 1 aliphatic heterocycles. The minimum absolute atomic E-state index is 0.0357. The van der Waals surface area contributed by atoms with Crippen molar-refractivity contribution >= 4 is 11.6 Å². The van der Waals surface area contributed by atoms with E-state index < -0.39 is 0 Å². The summed E-state index contributed by atoms with van der Waals surface area (Å²) in [5, 5.41) is 2.96. The highest BCUT2D eigenvalue weighted by atomic mass is 16.5. The summed E-state index contributed by atoms with van der Waals surface area (Å²) >= 11 is 0. The number of ether oxygens (including phenoxy) is 1. The van der Waals surface area contributed by atoms with Crippen LogP contribution in [0.2, 0.25) is 0 Å². The maximum absolute atomic E-state index is 12.1. The van der Waals surface area contributed by atoms with Crippen molar-refractivity contribution in [3.05, 3.63) is 29.8 Å². The first-order chi connectivity index (χ1) is 9.94. The van der Waals surface area contributed by atoms with Gasteiger partial charge >= 0.3 is 0 Å². The van der Waals surface area contributed by atoms with E-state index >= 15 is 0 Å². The lowest BCUT2D eigenvalue weighted by Crippen LogP contribution is -2.48. The summed E-state index contributed by atoms with van der Waals surface area (Å²) in [7, 11) is 0. The van der Waals surface area contributed by atoms with Gasteiger partial charge in [0.15, 0.2) is 0 Å². The third-order valence-electron chi connectivity index (χ3n) is 3.72. The molecular weight excluding hydrogens is 264 g/mol. The van der Waals surface area contributed by atoms with Gasteiger partial charge in [-0.05, 0) is 37.5 Å². The van der Waals surface area contributed by atoms with E-state index in [4.69, 9.17) is 4.74 Å². The smallest absolute Gasteiger partial charge is 0.238 e. The highest BCUT2D eigenvalue weighted by Crippen LogP contribution is 2.17. The minimum Gasteiger partial charge on any atom is -0.373 e. The van der Waals surface area contributed by atoms with Gasteiger partial charge in [0.25, 0.3) is 0 Å². The van der Waals surface area contributed by atoms with Gasteiger partial charge in [-0.15, -0.1) is 0 Å². The molecule has 1 heterocycles. The molecule has 21 heavy (non-hydrogen) atoms. The molecule has 0 aromatic heterocycles. The lowest BCUT2D eigenvalue weighted by molar-refractivity contribution is -0.121. The molecule has 116 valence electrons. The van der Waals surface area contributed by atoms with Crippen LogP contribution in [0.1, 0.15) is 39.2 Å². The van der Waals surface area contributed by atoms with E-state index in [-0.39, 0.29) is 18.1 Å². The molecular formula is C17H26N2O2. The Morgan fingerprint density at radius 3 is 2.33 bits per heavy atom. The number of anilines is 1. The predicted octanol–water partition coefficient (Wildman–Crippen LogP) is 2.86. The van der Waals surface area contributed by atoms with Crippen LogP contribution in [-0.4, -0.2) is 42.6 Å². The third-order valence-corrected chi connectivity index (χ3v) is 3.72. The van der Waals surface area contributed by atoms with Crippen LogP contribution in [0.25, 0.3) is 0 Å². The van der Waals surface area contributed by atoms with Gasteiger partial charge < -0.3 is 10.1 Å². The van der Waals surface area contributed by atoms with E-state index in [0.29, 0.717) is 12.5 Å². The highest BCUT2D eigenvalue weighted by Gasteiger charge is 2.23. The lowest BCUT2D eigenvalue weighted by Gasteiger charge is -2.34. The summed E-state index contributed by atoms with van der Waals surface area (Å²) in [6.07, 6.45) is 0.374. The quantitative estimate of drug-likeness (QED) is 0.927. The summed E-state index contributed by atoms with van der Waals surface area (Å²) in [6.45, 7) is 10.5. The Kier molecular flexibility index (Phi) is 5.37. The largest absolute Gasteiger partial charge is 0.373 e. The standard InChI is InChI=1S/C17H26N2O2/c1-12(2)15-5-7-16(8-6-15)18-17(20)11-19-9-13(3)21-14(4)10-19/h5-8,12-14H,9-11H2,1-4H3,(H,18,20)/t13-,14-/m0/s1. The molecule has 4 heteroatoms. The summed E-state index contributed by atoms with van der Waals surface area (Å²) in [5.74, 6) is 0.541. The number of morpholine rings is 1. The zero-order valence-electron chi connectivity index (χ0n) is 13.4. The van der Waals surface area contributed by atoms with Crippen molar-refractivity contribution in [1.82, 2.24) is 4.90 Å². The zero-order valence-corrected chi connectivity index (χ0v) is 13.4. The fourth-order valence-corrected chi connectivity index (χ4v) is 2.77. The normalized spacial score (nSPS) is 23.3. The van der Waals surface area contributed by atoms with E-state index in [2.05, 4.69) is 36.2 Å². The molecule has 0 aliphatic carbocycles. The Balaban J connectivity index is 1.86. The molecule has 0 saturated carbocycles. The van der Waals surface area contributed by atoms with E-state index in [1.807, 2.05) is 26.0 Å². The number of amides is 1. The molecule has 0 unspecified atom stereocenters. The summed E-state index contributed by atoms with van der Waals surface area (Å²) in [4.78, 5) is 14.3. The zero-order chi connectivity index (χ0) is 15.4. The predicted molar refractivity (Wildman–Crippen MR) is 85.6 cm³/mol. The van der Waals surface area contributed by atoms with E-state index in [9.17, 15) is 4.79 Å². The Morgan fingerprint density at radius 1 is 1.24 bits per heavy atom. The second-order valence-electron chi connectivity index (χ2n) is 6.28. The first-order valence-corrected chi connectivity index (χ1v) is 7.71. The molecule has 2 rings (SSSR count). The van der Waals surface area contributed by atoms with Gasteiger partial charge in [-0.1, -0.05) is 26.0 Å². The number of nitrogens with zero attached hydrogens (tertiary/aromatic N) is 1. The molecule has 1 fully saturated rings. The van der Waals surface area contributed by atoms with Gasteiger partial charge in [-0.2, -0.15) is 0 Å². The number of rotatable bonds is 4. The first kappa shape index (κ1) is 16.0. The second-order valence-corrected chi connectivity index (χ2v) is 6.28. The van der Waals surface area contributed by atoms with Crippen LogP contribution in [-0.2, 0) is 9.53 Å². The van der Waals surface area contributed by atoms with Crippen molar-refractivity contribution in [2.24, 2.45) is 0 Å². The van der Waals surface area contributed by atoms with Crippen molar-refractivity contribution in [2.45, 2.75) is 45.8 Å². The van der Waals surface area contributed by atoms with Crippen molar-refractivity contribution in [3.63, 3.8) is 0 Å². The average molecular weight is 290 g/mol. The molecule has 1 saturated heterocycles. The van der Waals surface area contributed by atoms with Gasteiger partial charge in [-0.25, -0.2) is 0 Å². The van der Waals surface area contributed by atoms with Gasteiger partial charge in [-0.3, -0.25) is 9.69 Å². The monoisotopic (exact) mass is 290 g/mol. The average Bonchev–Trinajstić information content (AvgIpc) is 2.37. The number of benzene rings is 1. The van der Waals surface area contributed by atoms with Crippen LogP contribution >= 0.6 is 0 Å². The molecule has 4 nitrogen and oxygen atoms in total. The SMILES string of the molecule is CC(C)c1ccc(NC(=O)CN2C[C@H](C)O[C@@H](C)C2)cc1. The van der Waals surface area contributed by atoms with E-state index in [1.54, 1.807) is 0 Å². The van der Waals surface area contributed by atoms with E-state index in [0.717, 1.165) is 18.8 Å². The molecule has 1 aliphatic rings. The number of hydrogen-bond donors (Lipinski definition) is 1. The maximum atomic E-state index is 12.1. The van der Waals surface area contributed by atoms with Crippen LogP contribution in [0.5, 0.6) is 0 Å². The summed E-state index contributed by atoms with van der Waals surface area (Å²) in [5.41, 5.74) is 2.14. The molecule has 0 bridgehead atoms. The molecule has 2 atom stereocenters. The summed E-state index contributed by atoms with van der Waals surface area (Å²) < 4.78 is 5.68. The van der Waals surface area contributed by atoms with Crippen molar-refractivity contribution in [3.8, 4) is 0 Å². The van der Waals surface area contributed by atoms with Crippen molar-refractivity contribution in [2.75, 3.05) is 25.0 Å². The van der Waals surface area contributed by atoms with Crippen LogP contribution in [0.4, 0.5) is 5.69 Å². The van der Waals surface area contributed by atoms with Gasteiger partial charge in [0.1, 0.15) is 0 Å². The fourth-order valence-electron chi connectivity index (χ4n) is 2.77. The van der Waals surface area contributed by atoms with Crippen molar-refractivity contribution < 1.29 is 9.53 Å².